The molecule has 0 bridgehead atoms. The molecule has 3 aliphatic rings. The first kappa shape index (κ1) is 20.1. The molecule has 1 saturated heterocycles. The Balaban J connectivity index is 1.42. The number of benzene rings is 2. The number of nitrogens with one attached hydrogen (secondary N) is 1. The summed E-state index contributed by atoms with van der Waals surface area (Å²) in [6.45, 7) is 5.94. The Morgan fingerprint density at radius 1 is 0.968 bits per heavy atom. The Morgan fingerprint density at radius 3 is 2.32 bits per heavy atom. The third kappa shape index (κ3) is 3.81. The molecular formula is C25H29N4O2. The number of hydrogen-bond donors (Lipinski definition) is 1. The normalized spacial score (nSPS) is 21.1. The zero-order chi connectivity index (χ0) is 21.5. The molecule has 161 valence electrons. The van der Waals surface area contributed by atoms with Gasteiger partial charge in [-0.1, -0.05) is 18.2 Å². The van der Waals surface area contributed by atoms with Gasteiger partial charge < -0.3 is 20.0 Å². The standard InChI is InChI=1S/C25H29N4O2/c1-17-16-29(25(31)20-7-8-20)23-15-21(9-10-22(23)27(17)2)18-3-5-19(6-4-18)24(30)28-13-11-26-12-14-28/h3-6,9-10,15,17,20,26H,2,7-8,11-14,16H2,1H3/t17-/m0/s1. The number of rotatable bonds is 3. The van der Waals surface area contributed by atoms with Crippen LogP contribution in [0.1, 0.15) is 30.1 Å². The van der Waals surface area contributed by atoms with Crippen LogP contribution in [0.3, 0.4) is 0 Å². The molecule has 2 aromatic rings. The summed E-state index contributed by atoms with van der Waals surface area (Å²) in [5, 5.41) is 3.27. The molecule has 1 saturated carbocycles. The Kier molecular flexibility index (Phi) is 5.18. The van der Waals surface area contributed by atoms with Crippen molar-refractivity contribution in [2.45, 2.75) is 25.8 Å². The van der Waals surface area contributed by atoms with E-state index < -0.39 is 0 Å². The number of amides is 2. The summed E-state index contributed by atoms with van der Waals surface area (Å²) in [6.07, 6.45) is 1.99. The molecule has 0 aromatic heterocycles. The molecule has 2 aliphatic heterocycles. The summed E-state index contributed by atoms with van der Waals surface area (Å²) in [5.41, 5.74) is 4.71. The number of anilines is 2. The van der Waals surface area contributed by atoms with Crippen molar-refractivity contribution in [2.75, 3.05) is 42.5 Å². The molecule has 1 N–H and O–H groups in total. The molecule has 6 nitrogen and oxygen atoms in total. The topological polar surface area (TPSA) is 55.9 Å². The first-order valence-electron chi connectivity index (χ1n) is 11.2. The smallest absolute Gasteiger partial charge is 0.253 e. The minimum absolute atomic E-state index is 0.0846. The van der Waals surface area contributed by atoms with Gasteiger partial charge in [-0.05, 0) is 55.2 Å². The van der Waals surface area contributed by atoms with Crippen molar-refractivity contribution in [3.63, 3.8) is 0 Å². The van der Waals surface area contributed by atoms with Gasteiger partial charge in [-0.2, -0.15) is 0 Å². The monoisotopic (exact) mass is 417 g/mol. The van der Waals surface area contributed by atoms with Gasteiger partial charge in [0.1, 0.15) is 0 Å². The fraction of sp³-hybridized carbons (Fsp3) is 0.400. The molecule has 6 heteroatoms. The van der Waals surface area contributed by atoms with Crippen molar-refractivity contribution in [1.82, 2.24) is 10.2 Å². The van der Waals surface area contributed by atoms with Crippen LogP contribution in [0.4, 0.5) is 11.4 Å². The van der Waals surface area contributed by atoms with E-state index in [1.807, 2.05) is 39.0 Å². The largest absolute Gasteiger partial charge is 0.364 e. The lowest BCUT2D eigenvalue weighted by Gasteiger charge is -2.40. The average molecular weight is 418 g/mol. The van der Waals surface area contributed by atoms with Gasteiger partial charge in [0.2, 0.25) is 5.91 Å². The molecule has 1 aliphatic carbocycles. The molecule has 2 aromatic carbocycles. The SMILES string of the molecule is [CH2]N1c2ccc(-c3ccc(C(=O)N4CCNCC4)cc3)cc2N(C(=O)C2CC2)C[C@@H]1C. The van der Waals surface area contributed by atoms with Gasteiger partial charge in [0, 0.05) is 57.3 Å². The molecule has 2 amide bonds. The van der Waals surface area contributed by atoms with Crippen molar-refractivity contribution in [1.29, 1.82) is 0 Å². The summed E-state index contributed by atoms with van der Waals surface area (Å²) in [5.74, 6) is 0.493. The van der Waals surface area contributed by atoms with Gasteiger partial charge in [0.15, 0.2) is 0 Å². The van der Waals surface area contributed by atoms with Gasteiger partial charge in [0.05, 0.1) is 11.4 Å². The highest BCUT2D eigenvalue weighted by Crippen LogP contribution is 2.41. The lowest BCUT2D eigenvalue weighted by Crippen LogP contribution is -2.47. The van der Waals surface area contributed by atoms with E-state index >= 15 is 0 Å². The average Bonchev–Trinajstić information content (AvgIpc) is 3.66. The highest BCUT2D eigenvalue weighted by Gasteiger charge is 2.38. The highest BCUT2D eigenvalue weighted by molar-refractivity contribution is 6.01. The molecule has 1 radical (unpaired) electrons. The minimum atomic E-state index is 0.0846. The van der Waals surface area contributed by atoms with Gasteiger partial charge in [-0.15, -0.1) is 0 Å². The number of carbonyl (C=O) groups excluding carboxylic acids is 2. The third-order valence-corrected chi connectivity index (χ3v) is 6.62. The Morgan fingerprint density at radius 2 is 1.65 bits per heavy atom. The highest BCUT2D eigenvalue weighted by atomic mass is 16.2. The lowest BCUT2D eigenvalue weighted by molar-refractivity contribution is -0.119. The summed E-state index contributed by atoms with van der Waals surface area (Å²) in [4.78, 5) is 31.5. The van der Waals surface area contributed by atoms with Crippen molar-refractivity contribution >= 4 is 23.2 Å². The zero-order valence-electron chi connectivity index (χ0n) is 18.0. The van der Waals surface area contributed by atoms with Crippen LogP contribution in [-0.4, -0.2) is 55.5 Å². The number of hydrogen-bond acceptors (Lipinski definition) is 4. The Bertz CT molecular complexity index is 993. The molecule has 0 spiro atoms. The van der Waals surface area contributed by atoms with E-state index in [-0.39, 0.29) is 23.8 Å². The van der Waals surface area contributed by atoms with Gasteiger partial charge in [-0.25, -0.2) is 0 Å². The second kappa shape index (κ2) is 8.00. The second-order valence-corrected chi connectivity index (χ2v) is 8.86. The van der Waals surface area contributed by atoms with E-state index in [2.05, 4.69) is 37.5 Å². The molecule has 2 fully saturated rings. The molecule has 2 heterocycles. The molecule has 5 rings (SSSR count). The van der Waals surface area contributed by atoms with Crippen LogP contribution in [-0.2, 0) is 4.79 Å². The van der Waals surface area contributed by atoms with Crippen LogP contribution < -0.4 is 15.1 Å². The molecule has 31 heavy (non-hydrogen) atoms. The van der Waals surface area contributed by atoms with E-state index in [0.29, 0.717) is 12.1 Å². The number of carbonyl (C=O) groups is 2. The third-order valence-electron chi connectivity index (χ3n) is 6.62. The Labute approximate surface area is 183 Å². The summed E-state index contributed by atoms with van der Waals surface area (Å²) < 4.78 is 0. The van der Waals surface area contributed by atoms with Gasteiger partial charge in [-0.3, -0.25) is 9.59 Å². The van der Waals surface area contributed by atoms with Gasteiger partial charge in [0.25, 0.3) is 5.91 Å². The van der Waals surface area contributed by atoms with Crippen molar-refractivity contribution < 1.29 is 9.59 Å². The number of nitrogens with zero attached hydrogens (tertiary/aromatic N) is 3. The fourth-order valence-electron chi connectivity index (χ4n) is 4.48. The second-order valence-electron chi connectivity index (χ2n) is 8.86. The Hall–Kier alpha value is -2.86. The van der Waals surface area contributed by atoms with Gasteiger partial charge >= 0.3 is 0 Å². The van der Waals surface area contributed by atoms with E-state index in [1.165, 1.54) is 0 Å². The van der Waals surface area contributed by atoms with E-state index in [9.17, 15) is 9.59 Å². The predicted molar refractivity (Wildman–Crippen MR) is 123 cm³/mol. The minimum Gasteiger partial charge on any atom is -0.364 e. The zero-order valence-corrected chi connectivity index (χ0v) is 18.0. The number of piperazine rings is 1. The van der Waals surface area contributed by atoms with Crippen molar-refractivity contribution in [3.05, 3.63) is 55.1 Å². The summed E-state index contributed by atoms with van der Waals surface area (Å²) in [7, 11) is 4.20. The predicted octanol–water partition coefficient (Wildman–Crippen LogP) is 3.14. The lowest BCUT2D eigenvalue weighted by atomic mass is 9.99. The summed E-state index contributed by atoms with van der Waals surface area (Å²) in [6, 6.07) is 14.2. The maximum absolute atomic E-state index is 12.9. The fourth-order valence-corrected chi connectivity index (χ4v) is 4.48. The quantitative estimate of drug-likeness (QED) is 0.834. The van der Waals surface area contributed by atoms with Crippen LogP contribution in [0, 0.1) is 13.0 Å². The van der Waals surface area contributed by atoms with Crippen LogP contribution in [0.2, 0.25) is 0 Å². The van der Waals surface area contributed by atoms with E-state index in [1.54, 1.807) is 0 Å². The maximum Gasteiger partial charge on any atom is 0.253 e. The van der Waals surface area contributed by atoms with Crippen LogP contribution in [0.25, 0.3) is 11.1 Å². The molecule has 1 atom stereocenters. The van der Waals surface area contributed by atoms with Crippen LogP contribution in [0.5, 0.6) is 0 Å². The first-order chi connectivity index (χ1) is 15.0. The van der Waals surface area contributed by atoms with Crippen molar-refractivity contribution in [3.8, 4) is 11.1 Å². The summed E-state index contributed by atoms with van der Waals surface area (Å²) >= 11 is 0. The number of fused-ring (bicyclic) bond motifs is 1. The van der Waals surface area contributed by atoms with Crippen LogP contribution >= 0.6 is 0 Å². The first-order valence-corrected chi connectivity index (χ1v) is 11.2. The van der Waals surface area contributed by atoms with E-state index in [0.717, 1.165) is 61.5 Å². The van der Waals surface area contributed by atoms with Crippen LogP contribution in [0.15, 0.2) is 42.5 Å². The molecular weight excluding hydrogens is 388 g/mol. The molecule has 0 unspecified atom stereocenters. The maximum atomic E-state index is 12.9. The van der Waals surface area contributed by atoms with Crippen molar-refractivity contribution in [2.24, 2.45) is 5.92 Å². The van der Waals surface area contributed by atoms with E-state index in [4.69, 9.17) is 0 Å².